The molecule has 2 saturated heterocycles. The molecule has 156 valence electrons. The number of benzene rings is 1. The van der Waals surface area contributed by atoms with Crippen molar-refractivity contribution in [1.82, 2.24) is 10.2 Å². The Morgan fingerprint density at radius 2 is 1.97 bits per heavy atom. The number of amides is 3. The normalized spacial score (nSPS) is 30.4. The third kappa shape index (κ3) is 2.82. The molecule has 3 amide bonds. The molecule has 4 rings (SSSR count). The van der Waals surface area contributed by atoms with Crippen molar-refractivity contribution in [2.24, 2.45) is 17.8 Å². The zero-order chi connectivity index (χ0) is 20.9. The second-order valence-corrected chi connectivity index (χ2v) is 8.70. The summed E-state index contributed by atoms with van der Waals surface area (Å²) in [5, 5.41) is 6.44. The maximum absolute atomic E-state index is 13.4. The van der Waals surface area contributed by atoms with E-state index in [0.717, 1.165) is 29.7 Å². The number of ether oxygens (including phenoxy) is 1. The van der Waals surface area contributed by atoms with E-state index in [2.05, 4.69) is 31.4 Å². The van der Waals surface area contributed by atoms with Gasteiger partial charge in [-0.3, -0.25) is 24.6 Å². The highest BCUT2D eigenvalue weighted by atomic mass is 16.5. The van der Waals surface area contributed by atoms with Crippen molar-refractivity contribution in [2.45, 2.75) is 45.2 Å². The Labute approximate surface area is 171 Å². The molecule has 0 aromatic heterocycles. The van der Waals surface area contributed by atoms with E-state index in [1.165, 1.54) is 4.90 Å². The molecule has 3 heterocycles. The molecule has 0 radical (unpaired) electrons. The molecule has 7 nitrogen and oxygen atoms in total. The average molecular weight is 399 g/mol. The van der Waals surface area contributed by atoms with Gasteiger partial charge in [0.2, 0.25) is 17.7 Å². The van der Waals surface area contributed by atoms with Gasteiger partial charge in [0.25, 0.3) is 0 Å². The maximum atomic E-state index is 13.4. The number of anilines is 1. The van der Waals surface area contributed by atoms with E-state index in [4.69, 9.17) is 4.74 Å². The van der Waals surface area contributed by atoms with E-state index in [9.17, 15) is 14.4 Å². The minimum atomic E-state index is -1.20. The fourth-order valence-corrected chi connectivity index (χ4v) is 5.24. The molecule has 0 bridgehead atoms. The van der Waals surface area contributed by atoms with Crippen molar-refractivity contribution in [3.63, 3.8) is 0 Å². The molecule has 7 heteroatoms. The minimum absolute atomic E-state index is 0.194. The molecule has 0 aliphatic carbocycles. The second kappa shape index (κ2) is 7.22. The van der Waals surface area contributed by atoms with Crippen molar-refractivity contribution >= 4 is 23.4 Å². The van der Waals surface area contributed by atoms with E-state index >= 15 is 0 Å². The molecular weight excluding hydrogens is 370 g/mol. The molecule has 4 unspecified atom stereocenters. The molecule has 1 aromatic rings. The maximum Gasteiger partial charge on any atom is 0.250 e. The number of nitrogens with one attached hydrogen (secondary N) is 2. The van der Waals surface area contributed by atoms with E-state index < -0.39 is 17.4 Å². The number of carbonyl (C=O) groups excluding carboxylic acids is 3. The zero-order valence-corrected chi connectivity index (χ0v) is 17.5. The standard InChI is InChI=1S/C22H29N3O4/c1-5-13-6-7-15-14(11-13)22(21(28)23-15)18-17(16(24-22)10-12(2)3)19(26)25(20(18)27)8-9-29-4/h6-7,11-12,16-18,24H,5,8-10H2,1-4H3,(H,23,28). The van der Waals surface area contributed by atoms with E-state index in [-0.39, 0.29) is 36.9 Å². The average Bonchev–Trinajstić information content (AvgIpc) is 3.25. The highest BCUT2D eigenvalue weighted by Crippen LogP contribution is 2.53. The van der Waals surface area contributed by atoms with Crippen molar-refractivity contribution in [3.8, 4) is 0 Å². The van der Waals surface area contributed by atoms with Crippen LogP contribution in [0.4, 0.5) is 5.69 Å². The van der Waals surface area contributed by atoms with Gasteiger partial charge >= 0.3 is 0 Å². The van der Waals surface area contributed by atoms with Gasteiger partial charge in [-0.15, -0.1) is 0 Å². The van der Waals surface area contributed by atoms with Gasteiger partial charge in [0, 0.05) is 24.4 Å². The van der Waals surface area contributed by atoms with Crippen molar-refractivity contribution in [3.05, 3.63) is 29.3 Å². The van der Waals surface area contributed by atoms with Gasteiger partial charge in [-0.2, -0.15) is 0 Å². The largest absolute Gasteiger partial charge is 0.383 e. The topological polar surface area (TPSA) is 87.7 Å². The summed E-state index contributed by atoms with van der Waals surface area (Å²) in [5.41, 5.74) is 1.41. The van der Waals surface area contributed by atoms with Crippen molar-refractivity contribution in [1.29, 1.82) is 0 Å². The molecule has 3 aliphatic rings. The molecule has 3 aliphatic heterocycles. The number of hydrogen-bond acceptors (Lipinski definition) is 5. The van der Waals surface area contributed by atoms with Crippen LogP contribution in [0, 0.1) is 17.8 Å². The highest BCUT2D eigenvalue weighted by Gasteiger charge is 2.70. The lowest BCUT2D eigenvalue weighted by atomic mass is 9.75. The van der Waals surface area contributed by atoms with Crippen LogP contribution in [0.3, 0.4) is 0 Å². The number of aryl methyl sites for hydroxylation is 1. The monoisotopic (exact) mass is 399 g/mol. The van der Waals surface area contributed by atoms with Gasteiger partial charge in [0.05, 0.1) is 25.0 Å². The van der Waals surface area contributed by atoms with Gasteiger partial charge in [-0.25, -0.2) is 0 Å². The van der Waals surface area contributed by atoms with Crippen molar-refractivity contribution < 1.29 is 19.1 Å². The van der Waals surface area contributed by atoms with Crippen LogP contribution >= 0.6 is 0 Å². The van der Waals surface area contributed by atoms with Crippen LogP contribution in [-0.4, -0.2) is 48.9 Å². The quantitative estimate of drug-likeness (QED) is 0.711. The Morgan fingerprint density at radius 3 is 2.62 bits per heavy atom. The summed E-state index contributed by atoms with van der Waals surface area (Å²) >= 11 is 0. The fourth-order valence-electron chi connectivity index (χ4n) is 5.24. The minimum Gasteiger partial charge on any atom is -0.383 e. The zero-order valence-electron chi connectivity index (χ0n) is 17.5. The molecule has 2 N–H and O–H groups in total. The number of nitrogens with zero attached hydrogens (tertiary/aromatic N) is 1. The summed E-state index contributed by atoms with van der Waals surface area (Å²) in [6.45, 7) is 6.73. The summed E-state index contributed by atoms with van der Waals surface area (Å²) in [5.74, 6) is -1.66. The highest BCUT2D eigenvalue weighted by molar-refractivity contribution is 6.15. The summed E-state index contributed by atoms with van der Waals surface area (Å²) in [6.07, 6.45) is 1.55. The summed E-state index contributed by atoms with van der Waals surface area (Å²) in [7, 11) is 1.55. The Bertz CT molecular complexity index is 868. The lowest BCUT2D eigenvalue weighted by Gasteiger charge is -2.30. The number of methoxy groups -OCH3 is 1. The first-order valence-corrected chi connectivity index (χ1v) is 10.4. The van der Waals surface area contributed by atoms with Crippen LogP contribution in [0.5, 0.6) is 0 Å². The fraction of sp³-hybridized carbons (Fsp3) is 0.591. The van der Waals surface area contributed by atoms with E-state index in [0.29, 0.717) is 5.92 Å². The number of imide groups is 1. The lowest BCUT2D eigenvalue weighted by Crippen LogP contribution is -2.53. The molecule has 4 atom stereocenters. The Kier molecular flexibility index (Phi) is 4.99. The summed E-state index contributed by atoms with van der Waals surface area (Å²) in [6, 6.07) is 5.66. The van der Waals surface area contributed by atoms with Crippen LogP contribution in [0.1, 0.15) is 38.3 Å². The third-order valence-corrected chi connectivity index (χ3v) is 6.52. The Morgan fingerprint density at radius 1 is 1.21 bits per heavy atom. The predicted octanol–water partition coefficient (Wildman–Crippen LogP) is 1.66. The molecule has 1 spiro atoms. The van der Waals surface area contributed by atoms with Crippen LogP contribution in [0.25, 0.3) is 0 Å². The molecule has 1 aromatic carbocycles. The van der Waals surface area contributed by atoms with E-state index in [1.807, 2.05) is 18.2 Å². The van der Waals surface area contributed by atoms with Crippen molar-refractivity contribution in [2.75, 3.05) is 25.6 Å². The van der Waals surface area contributed by atoms with Gasteiger partial charge in [-0.1, -0.05) is 32.9 Å². The van der Waals surface area contributed by atoms with Crippen LogP contribution in [0.15, 0.2) is 18.2 Å². The van der Waals surface area contributed by atoms with Gasteiger partial charge in [0.1, 0.15) is 5.54 Å². The SMILES string of the molecule is CCc1ccc2c(c1)C1(NC(CC(C)C)C3C(=O)N(CCOC)C(=O)C31)C(=O)N2. The summed E-state index contributed by atoms with van der Waals surface area (Å²) < 4.78 is 5.10. The second-order valence-electron chi connectivity index (χ2n) is 8.70. The van der Waals surface area contributed by atoms with Crippen LogP contribution < -0.4 is 10.6 Å². The molecule has 0 saturated carbocycles. The molecular formula is C22H29N3O4. The van der Waals surface area contributed by atoms with Gasteiger partial charge in [-0.05, 0) is 30.4 Å². The Balaban J connectivity index is 1.84. The lowest BCUT2D eigenvalue weighted by molar-refractivity contribution is -0.143. The number of carbonyl (C=O) groups is 3. The number of likely N-dealkylation sites (tertiary alicyclic amines) is 1. The van der Waals surface area contributed by atoms with Gasteiger partial charge < -0.3 is 10.1 Å². The number of fused-ring (bicyclic) bond motifs is 4. The first-order valence-electron chi connectivity index (χ1n) is 10.4. The predicted molar refractivity (Wildman–Crippen MR) is 108 cm³/mol. The number of rotatable bonds is 6. The summed E-state index contributed by atoms with van der Waals surface area (Å²) in [4.78, 5) is 41.3. The van der Waals surface area contributed by atoms with Crippen LogP contribution in [0.2, 0.25) is 0 Å². The Hall–Kier alpha value is -2.25. The number of hydrogen-bond donors (Lipinski definition) is 2. The third-order valence-electron chi connectivity index (χ3n) is 6.52. The first kappa shape index (κ1) is 20.0. The smallest absolute Gasteiger partial charge is 0.250 e. The van der Waals surface area contributed by atoms with Crippen LogP contribution in [-0.2, 0) is 31.1 Å². The molecule has 29 heavy (non-hydrogen) atoms. The van der Waals surface area contributed by atoms with E-state index in [1.54, 1.807) is 7.11 Å². The molecule has 2 fully saturated rings. The first-order chi connectivity index (χ1) is 13.8. The van der Waals surface area contributed by atoms with Gasteiger partial charge in [0.15, 0.2) is 0 Å².